The molecule has 2 N–H and O–H groups in total. The van der Waals surface area contributed by atoms with E-state index in [1.54, 1.807) is 6.20 Å². The molecule has 0 atom stereocenters. The summed E-state index contributed by atoms with van der Waals surface area (Å²) in [6.07, 6.45) is 3.40. The molecule has 5 nitrogen and oxygen atoms in total. The topological polar surface area (TPSA) is 66.6 Å². The lowest BCUT2D eigenvalue weighted by atomic mass is 9.83. The third-order valence-corrected chi connectivity index (χ3v) is 4.39. The van der Waals surface area contributed by atoms with Gasteiger partial charge in [-0.15, -0.1) is 0 Å². The van der Waals surface area contributed by atoms with E-state index in [1.165, 1.54) is 0 Å². The minimum atomic E-state index is -0.245. The van der Waals surface area contributed by atoms with E-state index in [1.807, 2.05) is 43.4 Å². The molecule has 21 heavy (non-hydrogen) atoms. The van der Waals surface area contributed by atoms with E-state index in [0.29, 0.717) is 12.2 Å². The number of hydrogen-bond acceptors (Lipinski definition) is 3. The highest BCUT2D eigenvalue weighted by molar-refractivity contribution is 5.92. The molecule has 0 saturated carbocycles. The molecule has 1 amide bonds. The maximum atomic E-state index is 12.3. The number of aliphatic hydroxyl groups excluding tert-OH is 1. The number of fused-ring (bicyclic) bond motifs is 1. The summed E-state index contributed by atoms with van der Waals surface area (Å²) in [5, 5.41) is 12.4. The highest BCUT2D eigenvalue weighted by atomic mass is 16.3. The molecule has 0 aromatic carbocycles. The Balaban J connectivity index is 2.14. The molecule has 0 radical (unpaired) electrons. The van der Waals surface area contributed by atoms with Crippen molar-refractivity contribution in [3.05, 3.63) is 35.8 Å². The van der Waals surface area contributed by atoms with Crippen LogP contribution in [-0.4, -0.2) is 33.6 Å². The summed E-state index contributed by atoms with van der Waals surface area (Å²) in [6, 6.07) is 5.77. The van der Waals surface area contributed by atoms with Crippen molar-refractivity contribution in [1.29, 1.82) is 0 Å². The number of aromatic nitrogens is 2. The molecular weight excluding hydrogens is 266 g/mol. The van der Waals surface area contributed by atoms with E-state index < -0.39 is 0 Å². The van der Waals surface area contributed by atoms with Crippen LogP contribution in [0.3, 0.4) is 0 Å². The standard InChI is InChI=1S/C16H23N3O2/c1-4-16(5-2,11-20)10-17-15(21)13-9-19-12(3)7-6-8-14(19)18-13/h6-9,20H,4-5,10-11H2,1-3H3,(H,17,21). The number of carbonyl (C=O) groups excluding carboxylic acids is 1. The van der Waals surface area contributed by atoms with Crippen molar-refractivity contribution in [2.24, 2.45) is 5.41 Å². The Morgan fingerprint density at radius 1 is 1.38 bits per heavy atom. The van der Waals surface area contributed by atoms with Crippen molar-refractivity contribution >= 4 is 11.6 Å². The summed E-state index contributed by atoms with van der Waals surface area (Å²) in [4.78, 5) is 16.6. The summed E-state index contributed by atoms with van der Waals surface area (Å²) < 4.78 is 1.90. The number of aryl methyl sites for hydroxylation is 1. The van der Waals surface area contributed by atoms with Gasteiger partial charge >= 0.3 is 0 Å². The van der Waals surface area contributed by atoms with Crippen LogP contribution in [0.4, 0.5) is 0 Å². The monoisotopic (exact) mass is 289 g/mol. The van der Waals surface area contributed by atoms with Crippen molar-refractivity contribution in [1.82, 2.24) is 14.7 Å². The maximum Gasteiger partial charge on any atom is 0.271 e. The summed E-state index contributed by atoms with van der Waals surface area (Å²) in [5.74, 6) is -0.196. The van der Waals surface area contributed by atoms with Gasteiger partial charge in [0.15, 0.2) is 0 Å². The minimum Gasteiger partial charge on any atom is -0.396 e. The normalized spacial score (nSPS) is 11.8. The van der Waals surface area contributed by atoms with Crippen LogP contribution in [0.5, 0.6) is 0 Å². The average molecular weight is 289 g/mol. The Kier molecular flexibility index (Phi) is 4.63. The molecule has 5 heteroatoms. The van der Waals surface area contributed by atoms with Crippen LogP contribution in [0.25, 0.3) is 5.65 Å². The zero-order valence-electron chi connectivity index (χ0n) is 12.9. The molecule has 2 aromatic heterocycles. The fourth-order valence-electron chi connectivity index (χ4n) is 2.40. The van der Waals surface area contributed by atoms with E-state index in [2.05, 4.69) is 10.3 Å². The predicted octanol–water partition coefficient (Wildman–Crippen LogP) is 2.17. The first-order chi connectivity index (χ1) is 10.0. The lowest BCUT2D eigenvalue weighted by Gasteiger charge is -2.29. The van der Waals surface area contributed by atoms with Crippen molar-refractivity contribution in [2.45, 2.75) is 33.6 Å². The van der Waals surface area contributed by atoms with Crippen LogP contribution in [0.2, 0.25) is 0 Å². The summed E-state index contributed by atoms with van der Waals surface area (Å²) in [5.41, 5.74) is 1.96. The molecule has 0 bridgehead atoms. The van der Waals surface area contributed by atoms with Gasteiger partial charge in [0.2, 0.25) is 0 Å². The quantitative estimate of drug-likeness (QED) is 0.856. The molecule has 0 fully saturated rings. The van der Waals surface area contributed by atoms with E-state index >= 15 is 0 Å². The van der Waals surface area contributed by atoms with Crippen LogP contribution < -0.4 is 5.32 Å². The van der Waals surface area contributed by atoms with Crippen molar-refractivity contribution in [2.75, 3.05) is 13.2 Å². The number of hydrogen-bond donors (Lipinski definition) is 2. The van der Waals surface area contributed by atoms with Gasteiger partial charge < -0.3 is 14.8 Å². The van der Waals surface area contributed by atoms with Gasteiger partial charge in [-0.1, -0.05) is 19.9 Å². The molecule has 0 saturated heterocycles. The van der Waals surface area contributed by atoms with Gasteiger partial charge in [-0.3, -0.25) is 4.79 Å². The van der Waals surface area contributed by atoms with Crippen LogP contribution >= 0.6 is 0 Å². The Morgan fingerprint density at radius 3 is 2.67 bits per heavy atom. The molecular formula is C16H23N3O2. The molecule has 0 aliphatic carbocycles. The van der Waals surface area contributed by atoms with Gasteiger partial charge in [0.1, 0.15) is 11.3 Å². The Hall–Kier alpha value is -1.88. The first-order valence-electron chi connectivity index (χ1n) is 7.39. The zero-order chi connectivity index (χ0) is 15.5. The smallest absolute Gasteiger partial charge is 0.271 e. The molecule has 0 unspecified atom stereocenters. The molecule has 2 aromatic rings. The van der Waals surface area contributed by atoms with Crippen molar-refractivity contribution in [3.8, 4) is 0 Å². The van der Waals surface area contributed by atoms with Gasteiger partial charge in [0.25, 0.3) is 5.91 Å². The molecule has 0 spiro atoms. The fraction of sp³-hybridized carbons (Fsp3) is 0.500. The Morgan fingerprint density at radius 2 is 2.10 bits per heavy atom. The number of imidazole rings is 1. The van der Waals surface area contributed by atoms with Gasteiger partial charge in [0, 0.05) is 23.9 Å². The Bertz CT molecular complexity index is 621. The fourth-order valence-corrected chi connectivity index (χ4v) is 2.40. The lowest BCUT2D eigenvalue weighted by molar-refractivity contribution is 0.0847. The largest absolute Gasteiger partial charge is 0.396 e. The number of rotatable bonds is 6. The average Bonchev–Trinajstić information content (AvgIpc) is 2.95. The van der Waals surface area contributed by atoms with E-state index in [9.17, 15) is 9.90 Å². The molecule has 0 aliphatic rings. The molecule has 2 rings (SSSR count). The number of pyridine rings is 1. The number of nitrogens with zero attached hydrogens (tertiary/aromatic N) is 2. The highest BCUT2D eigenvalue weighted by Crippen LogP contribution is 2.24. The third-order valence-electron chi connectivity index (χ3n) is 4.39. The number of nitrogens with one attached hydrogen (secondary N) is 1. The second-order valence-corrected chi connectivity index (χ2v) is 5.57. The van der Waals surface area contributed by atoms with Crippen LogP contribution in [0.1, 0.15) is 42.9 Å². The SMILES string of the molecule is CCC(CC)(CO)CNC(=O)c1cn2c(C)cccc2n1. The van der Waals surface area contributed by atoms with Gasteiger partial charge in [0.05, 0.1) is 6.61 Å². The van der Waals surface area contributed by atoms with E-state index in [-0.39, 0.29) is 17.9 Å². The van der Waals surface area contributed by atoms with E-state index in [0.717, 1.165) is 24.2 Å². The second-order valence-electron chi connectivity index (χ2n) is 5.57. The van der Waals surface area contributed by atoms with Crippen LogP contribution in [-0.2, 0) is 0 Å². The predicted molar refractivity (Wildman–Crippen MR) is 82.4 cm³/mol. The number of carbonyl (C=O) groups is 1. The van der Waals surface area contributed by atoms with E-state index in [4.69, 9.17) is 0 Å². The summed E-state index contributed by atoms with van der Waals surface area (Å²) in [7, 11) is 0. The highest BCUT2D eigenvalue weighted by Gasteiger charge is 2.26. The second kappa shape index (κ2) is 6.26. The van der Waals surface area contributed by atoms with Gasteiger partial charge in [-0.25, -0.2) is 4.98 Å². The first-order valence-corrected chi connectivity index (χ1v) is 7.39. The number of aliphatic hydroxyl groups is 1. The van der Waals surface area contributed by atoms with Gasteiger partial charge in [-0.05, 0) is 31.9 Å². The molecule has 0 aliphatic heterocycles. The molecule has 2 heterocycles. The lowest BCUT2D eigenvalue weighted by Crippen LogP contribution is -2.39. The maximum absolute atomic E-state index is 12.3. The third kappa shape index (κ3) is 3.08. The summed E-state index contributed by atoms with van der Waals surface area (Å²) >= 11 is 0. The minimum absolute atomic E-state index is 0.0740. The first kappa shape index (κ1) is 15.5. The van der Waals surface area contributed by atoms with Crippen molar-refractivity contribution in [3.63, 3.8) is 0 Å². The summed E-state index contributed by atoms with van der Waals surface area (Å²) in [6.45, 7) is 6.56. The van der Waals surface area contributed by atoms with Crippen molar-refractivity contribution < 1.29 is 9.90 Å². The van der Waals surface area contributed by atoms with Crippen LogP contribution in [0.15, 0.2) is 24.4 Å². The van der Waals surface area contributed by atoms with Crippen LogP contribution in [0, 0.1) is 12.3 Å². The molecule has 114 valence electrons. The van der Waals surface area contributed by atoms with Gasteiger partial charge in [-0.2, -0.15) is 0 Å². The Labute approximate surface area is 125 Å². The zero-order valence-corrected chi connectivity index (χ0v) is 12.9. The number of amides is 1.